The van der Waals surface area contributed by atoms with Gasteiger partial charge >= 0.3 is 0 Å². The van der Waals surface area contributed by atoms with E-state index in [-0.39, 0.29) is 0 Å². The summed E-state index contributed by atoms with van der Waals surface area (Å²) < 4.78 is 2.36. The van der Waals surface area contributed by atoms with E-state index in [0.717, 1.165) is 6.42 Å². The molecule has 0 spiro atoms. The first-order valence-corrected chi connectivity index (χ1v) is 12.5. The number of para-hydroxylation sites is 2. The van der Waals surface area contributed by atoms with Crippen LogP contribution in [0.15, 0.2) is 133 Å². The highest BCUT2D eigenvalue weighted by Gasteiger charge is 2.11. The lowest BCUT2D eigenvalue weighted by molar-refractivity contribution is 1.18. The highest BCUT2D eigenvalue weighted by atomic mass is 15.0. The Balaban J connectivity index is 0.00000137. The molecule has 0 unspecified atom stereocenters. The molecule has 0 atom stereocenters. The first kappa shape index (κ1) is 24.0. The molecule has 0 radical (unpaired) electrons. The average Bonchev–Trinajstić information content (AvgIpc) is 3.32. The first-order valence-electron chi connectivity index (χ1n) is 12.5. The first-order chi connectivity index (χ1) is 18.3. The molecule has 1 N–H and O–H groups in total. The number of benzene rings is 5. The van der Waals surface area contributed by atoms with Crippen molar-refractivity contribution in [3.8, 4) is 16.8 Å². The zero-order valence-corrected chi connectivity index (χ0v) is 21.1. The molecule has 180 valence electrons. The maximum atomic E-state index is 5.50. The van der Waals surface area contributed by atoms with Crippen LogP contribution < -0.4 is 0 Å². The summed E-state index contributed by atoms with van der Waals surface area (Å²) in [5.41, 5.74) is 10.1. The standard InChI is InChI=1S/C34H27N.CH3N/c1-25(27-9-3-2-4-10-27)15-16-26-17-19-28(20-18-26)29-21-23-30(24-22-29)35-33-13-7-5-11-31(33)32-12-6-8-14-34(32)35;1-2/h2-15,17-24H,16H2,1H3;2H,1H2/b25-15-;. The highest BCUT2D eigenvalue weighted by molar-refractivity contribution is 6.09. The second-order valence-corrected chi connectivity index (χ2v) is 9.07. The molecule has 0 bridgehead atoms. The van der Waals surface area contributed by atoms with Crippen LogP contribution in [0.25, 0.3) is 44.2 Å². The number of aromatic nitrogens is 1. The molecule has 5 aromatic carbocycles. The summed E-state index contributed by atoms with van der Waals surface area (Å²) in [5.74, 6) is 0. The van der Waals surface area contributed by atoms with Crippen LogP contribution in [0.2, 0.25) is 0 Å². The van der Waals surface area contributed by atoms with Crippen LogP contribution in [-0.2, 0) is 6.42 Å². The molecule has 2 nitrogen and oxygen atoms in total. The van der Waals surface area contributed by atoms with Gasteiger partial charge in [0.05, 0.1) is 11.0 Å². The Morgan fingerprint density at radius 2 is 1.11 bits per heavy atom. The van der Waals surface area contributed by atoms with Gasteiger partial charge in [0.15, 0.2) is 0 Å². The van der Waals surface area contributed by atoms with E-state index in [0.29, 0.717) is 0 Å². The van der Waals surface area contributed by atoms with E-state index in [9.17, 15) is 0 Å². The van der Waals surface area contributed by atoms with Crippen LogP contribution in [0.4, 0.5) is 0 Å². The predicted octanol–water partition coefficient (Wildman–Crippen LogP) is 9.36. The van der Waals surface area contributed by atoms with Crippen LogP contribution in [-0.4, -0.2) is 11.3 Å². The van der Waals surface area contributed by atoms with Crippen molar-refractivity contribution in [1.82, 2.24) is 4.57 Å². The Morgan fingerprint density at radius 1 is 0.622 bits per heavy atom. The van der Waals surface area contributed by atoms with E-state index >= 15 is 0 Å². The van der Waals surface area contributed by atoms with E-state index in [4.69, 9.17) is 5.41 Å². The summed E-state index contributed by atoms with van der Waals surface area (Å²) in [6.45, 7) is 4.68. The molecule has 0 fully saturated rings. The second-order valence-electron chi connectivity index (χ2n) is 9.07. The monoisotopic (exact) mass is 478 g/mol. The fourth-order valence-electron chi connectivity index (χ4n) is 4.93. The third-order valence-corrected chi connectivity index (χ3v) is 6.87. The lowest BCUT2D eigenvalue weighted by atomic mass is 10.0. The Kier molecular flexibility index (Phi) is 7.09. The Morgan fingerprint density at radius 3 is 1.68 bits per heavy atom. The van der Waals surface area contributed by atoms with Crippen LogP contribution in [0.3, 0.4) is 0 Å². The molecule has 6 aromatic rings. The maximum absolute atomic E-state index is 5.50. The van der Waals surface area contributed by atoms with Crippen molar-refractivity contribution in [3.63, 3.8) is 0 Å². The SMILES string of the molecule is C/C(=C/Cc1ccc(-c2ccc(-n3c4ccccc4c4ccccc43)cc2)cc1)c1ccccc1.C=N. The lowest BCUT2D eigenvalue weighted by Crippen LogP contribution is -1.93. The molecular weight excluding hydrogens is 448 g/mol. The summed E-state index contributed by atoms with van der Waals surface area (Å²) in [6, 6.07) is 45.7. The molecule has 0 saturated heterocycles. The largest absolute Gasteiger partial charge is 0.317 e. The van der Waals surface area contributed by atoms with Crippen molar-refractivity contribution in [3.05, 3.63) is 145 Å². The highest BCUT2D eigenvalue weighted by Crippen LogP contribution is 2.32. The van der Waals surface area contributed by atoms with Crippen molar-refractivity contribution in [2.24, 2.45) is 0 Å². The van der Waals surface area contributed by atoms with Gasteiger partial charge in [0.2, 0.25) is 0 Å². The van der Waals surface area contributed by atoms with E-state index in [1.807, 2.05) is 0 Å². The van der Waals surface area contributed by atoms with Gasteiger partial charge in [-0.05, 0) is 72.2 Å². The Hall–Kier alpha value is -4.69. The fraction of sp³-hybridized carbons (Fsp3) is 0.0571. The van der Waals surface area contributed by atoms with Gasteiger partial charge in [0.1, 0.15) is 0 Å². The minimum atomic E-state index is 0.938. The van der Waals surface area contributed by atoms with Crippen molar-refractivity contribution >= 4 is 34.1 Å². The number of rotatable bonds is 5. The molecule has 37 heavy (non-hydrogen) atoms. The van der Waals surface area contributed by atoms with Crippen LogP contribution in [0, 0.1) is 5.41 Å². The van der Waals surface area contributed by atoms with Gasteiger partial charge in [-0.1, -0.05) is 109 Å². The molecule has 0 saturated carbocycles. The smallest absolute Gasteiger partial charge is 0.0541 e. The van der Waals surface area contributed by atoms with E-state index < -0.39 is 0 Å². The summed E-state index contributed by atoms with van der Waals surface area (Å²) in [6.07, 6.45) is 3.25. The topological polar surface area (TPSA) is 28.8 Å². The molecule has 6 rings (SSSR count). The van der Waals surface area contributed by atoms with Crippen LogP contribution in [0.5, 0.6) is 0 Å². The molecular formula is C35H30N2. The molecule has 0 aliphatic rings. The minimum absolute atomic E-state index is 0.938. The second kappa shape index (κ2) is 10.9. The number of hydrogen-bond acceptors (Lipinski definition) is 1. The molecule has 0 aliphatic carbocycles. The van der Waals surface area contributed by atoms with Gasteiger partial charge < -0.3 is 9.98 Å². The fourth-order valence-corrected chi connectivity index (χ4v) is 4.93. The third kappa shape index (κ3) is 4.87. The number of nitrogens with one attached hydrogen (secondary N) is 1. The number of fused-ring (bicyclic) bond motifs is 3. The summed E-state index contributed by atoms with van der Waals surface area (Å²) in [7, 11) is 0. The van der Waals surface area contributed by atoms with E-state index in [2.05, 4.69) is 152 Å². The van der Waals surface area contributed by atoms with E-state index in [1.165, 1.54) is 55.3 Å². The third-order valence-electron chi connectivity index (χ3n) is 6.87. The zero-order chi connectivity index (χ0) is 25.6. The lowest BCUT2D eigenvalue weighted by Gasteiger charge is -2.10. The van der Waals surface area contributed by atoms with Crippen molar-refractivity contribution in [2.75, 3.05) is 0 Å². The predicted molar refractivity (Wildman–Crippen MR) is 160 cm³/mol. The average molecular weight is 479 g/mol. The van der Waals surface area contributed by atoms with Gasteiger partial charge in [-0.25, -0.2) is 0 Å². The summed E-state index contributed by atoms with van der Waals surface area (Å²) in [5, 5.41) is 8.08. The summed E-state index contributed by atoms with van der Waals surface area (Å²) in [4.78, 5) is 0. The van der Waals surface area contributed by atoms with Crippen LogP contribution >= 0.6 is 0 Å². The molecule has 1 heterocycles. The van der Waals surface area contributed by atoms with Gasteiger partial charge in [0, 0.05) is 16.5 Å². The van der Waals surface area contributed by atoms with E-state index in [1.54, 1.807) is 0 Å². The molecule has 2 heteroatoms. The Labute approximate surface area is 218 Å². The van der Waals surface area contributed by atoms with Crippen LogP contribution in [0.1, 0.15) is 18.1 Å². The number of nitrogens with zero attached hydrogens (tertiary/aromatic N) is 1. The molecule has 0 aliphatic heterocycles. The molecule has 0 amide bonds. The Bertz CT molecular complexity index is 1600. The number of hydrogen-bond donors (Lipinski definition) is 1. The van der Waals surface area contributed by atoms with Crippen molar-refractivity contribution in [1.29, 1.82) is 5.41 Å². The zero-order valence-electron chi connectivity index (χ0n) is 21.1. The maximum Gasteiger partial charge on any atom is 0.0541 e. The van der Waals surface area contributed by atoms with Gasteiger partial charge in [-0.15, -0.1) is 0 Å². The quantitative estimate of drug-likeness (QED) is 0.239. The van der Waals surface area contributed by atoms with Gasteiger partial charge in [0.25, 0.3) is 0 Å². The minimum Gasteiger partial charge on any atom is -0.317 e. The summed E-state index contributed by atoms with van der Waals surface area (Å²) >= 11 is 0. The van der Waals surface area contributed by atoms with Gasteiger partial charge in [-0.2, -0.15) is 0 Å². The van der Waals surface area contributed by atoms with Gasteiger partial charge in [-0.3, -0.25) is 0 Å². The van der Waals surface area contributed by atoms with Crippen molar-refractivity contribution in [2.45, 2.75) is 13.3 Å². The molecule has 1 aromatic heterocycles. The van der Waals surface area contributed by atoms with Crippen molar-refractivity contribution < 1.29 is 0 Å². The normalized spacial score (nSPS) is 11.3. The number of allylic oxidation sites excluding steroid dienone is 2.